The van der Waals surface area contributed by atoms with Crippen LogP contribution in [0.2, 0.25) is 0 Å². The van der Waals surface area contributed by atoms with Crippen molar-refractivity contribution in [3.05, 3.63) is 95.6 Å². The van der Waals surface area contributed by atoms with E-state index in [-0.39, 0.29) is 12.0 Å². The molecule has 3 aromatic rings. The average molecular weight is 412 g/mol. The molecule has 2 aromatic heterocycles. The zero-order valence-electron chi connectivity index (χ0n) is 17.3. The molecule has 3 heterocycles. The normalized spacial score (nSPS) is 19.8. The van der Waals surface area contributed by atoms with E-state index in [1.807, 2.05) is 54.9 Å². The van der Waals surface area contributed by atoms with Crippen molar-refractivity contribution in [2.24, 2.45) is 0 Å². The highest BCUT2D eigenvalue weighted by molar-refractivity contribution is 5.78. The van der Waals surface area contributed by atoms with Crippen molar-refractivity contribution in [1.29, 1.82) is 5.26 Å². The largest absolute Gasteiger partial charge is 0.480 e. The van der Waals surface area contributed by atoms with Gasteiger partial charge in [0, 0.05) is 36.7 Å². The van der Waals surface area contributed by atoms with Crippen molar-refractivity contribution in [3.63, 3.8) is 0 Å². The monoisotopic (exact) mass is 412 g/mol. The minimum absolute atomic E-state index is 0.201. The molecular formula is C25H24N4O2. The molecule has 1 unspecified atom stereocenters. The van der Waals surface area contributed by atoms with E-state index >= 15 is 0 Å². The van der Waals surface area contributed by atoms with Crippen LogP contribution in [0.15, 0.2) is 73.3 Å². The molecule has 6 heteroatoms. The Bertz CT molecular complexity index is 1060. The number of nitrogens with zero attached hydrogens (tertiary/aromatic N) is 4. The first-order chi connectivity index (χ1) is 15.0. The maximum atomic E-state index is 12.4. The summed E-state index contributed by atoms with van der Waals surface area (Å²) in [5.74, 6) is -1.03. The van der Waals surface area contributed by atoms with Gasteiger partial charge in [-0.1, -0.05) is 24.3 Å². The zero-order valence-corrected chi connectivity index (χ0v) is 17.3. The molecule has 6 nitrogen and oxygen atoms in total. The molecule has 2 atom stereocenters. The fraction of sp³-hybridized carbons (Fsp3) is 0.280. The van der Waals surface area contributed by atoms with Gasteiger partial charge in [-0.3, -0.25) is 19.7 Å². The van der Waals surface area contributed by atoms with Crippen LogP contribution in [0, 0.1) is 11.3 Å². The molecule has 31 heavy (non-hydrogen) atoms. The molecule has 0 radical (unpaired) electrons. The number of carboxylic acids is 1. The Labute approximate surface area is 181 Å². The summed E-state index contributed by atoms with van der Waals surface area (Å²) in [7, 11) is 0. The summed E-state index contributed by atoms with van der Waals surface area (Å²) in [6.45, 7) is 2.45. The Morgan fingerprint density at radius 1 is 1.10 bits per heavy atom. The maximum Gasteiger partial charge on any atom is 0.323 e. The van der Waals surface area contributed by atoms with Gasteiger partial charge in [0.2, 0.25) is 0 Å². The Hall–Kier alpha value is -3.56. The zero-order chi connectivity index (χ0) is 21.8. The van der Waals surface area contributed by atoms with Crippen LogP contribution in [0.1, 0.15) is 54.0 Å². The van der Waals surface area contributed by atoms with E-state index in [4.69, 9.17) is 0 Å². The Morgan fingerprint density at radius 3 is 2.29 bits per heavy atom. The van der Waals surface area contributed by atoms with Crippen molar-refractivity contribution in [1.82, 2.24) is 14.9 Å². The van der Waals surface area contributed by atoms with Crippen LogP contribution < -0.4 is 0 Å². The van der Waals surface area contributed by atoms with Gasteiger partial charge in [0.05, 0.1) is 11.6 Å². The van der Waals surface area contributed by atoms with Gasteiger partial charge in [0.25, 0.3) is 0 Å². The minimum Gasteiger partial charge on any atom is -0.480 e. The molecule has 156 valence electrons. The maximum absolute atomic E-state index is 12.4. The number of hydrogen-bond donors (Lipinski definition) is 1. The van der Waals surface area contributed by atoms with Gasteiger partial charge in [-0.05, 0) is 67.3 Å². The molecule has 4 rings (SSSR count). The second kappa shape index (κ2) is 8.66. The highest BCUT2D eigenvalue weighted by atomic mass is 16.4. The standard InChI is InChI=1S/C25H24N4O2/c1-25(24(30)31)10-5-13-29(25)23(19-7-2-6-18(14-19)15-26)22(20-8-3-11-27-16-20)21-9-4-12-28-17-21/h2-4,6-9,11-12,14,16-17,22-23H,5,10,13H2,1H3,(H,30,31)/t23?,25-/m0/s1. The lowest BCUT2D eigenvalue weighted by molar-refractivity contribution is -0.150. The van der Waals surface area contributed by atoms with Gasteiger partial charge in [0.15, 0.2) is 0 Å². The number of likely N-dealkylation sites (tertiary alicyclic amines) is 1. The van der Waals surface area contributed by atoms with Gasteiger partial charge >= 0.3 is 5.97 Å². The van der Waals surface area contributed by atoms with E-state index in [1.165, 1.54) is 0 Å². The molecule has 0 saturated carbocycles. The molecule has 1 saturated heterocycles. The Morgan fingerprint density at radius 2 is 1.74 bits per heavy atom. The highest BCUT2D eigenvalue weighted by Crippen LogP contribution is 2.46. The van der Waals surface area contributed by atoms with Crippen LogP contribution in [-0.4, -0.2) is 38.0 Å². The van der Waals surface area contributed by atoms with Crippen LogP contribution in [0.5, 0.6) is 0 Å². The second-order valence-electron chi connectivity index (χ2n) is 8.11. The molecule has 1 aliphatic rings. The molecule has 0 spiro atoms. The molecule has 1 aliphatic heterocycles. The first-order valence-electron chi connectivity index (χ1n) is 10.3. The molecule has 0 aliphatic carbocycles. The van der Waals surface area contributed by atoms with Gasteiger partial charge in [-0.2, -0.15) is 5.26 Å². The van der Waals surface area contributed by atoms with Crippen LogP contribution in [0.25, 0.3) is 0 Å². The van der Waals surface area contributed by atoms with Crippen LogP contribution >= 0.6 is 0 Å². The molecule has 1 fully saturated rings. The van der Waals surface area contributed by atoms with E-state index in [0.717, 1.165) is 23.1 Å². The summed E-state index contributed by atoms with van der Waals surface area (Å²) in [5.41, 5.74) is 2.40. The summed E-state index contributed by atoms with van der Waals surface area (Å²) in [6.07, 6.45) is 8.48. The Balaban J connectivity index is 1.95. The second-order valence-corrected chi connectivity index (χ2v) is 8.11. The number of rotatable bonds is 6. The lowest BCUT2D eigenvalue weighted by Crippen LogP contribution is -2.50. The molecule has 1 aromatic carbocycles. The third kappa shape index (κ3) is 3.92. The first kappa shape index (κ1) is 20.7. The topological polar surface area (TPSA) is 90.1 Å². The Kier molecular flexibility index (Phi) is 5.79. The first-order valence-corrected chi connectivity index (χ1v) is 10.3. The molecular weight excluding hydrogens is 388 g/mol. The molecule has 1 N–H and O–H groups in total. The van der Waals surface area contributed by atoms with Gasteiger partial charge in [-0.15, -0.1) is 0 Å². The van der Waals surface area contributed by atoms with Crippen molar-refractivity contribution in [3.8, 4) is 6.07 Å². The summed E-state index contributed by atoms with van der Waals surface area (Å²) >= 11 is 0. The van der Waals surface area contributed by atoms with Gasteiger partial charge in [0.1, 0.15) is 5.54 Å². The fourth-order valence-corrected chi connectivity index (χ4v) is 4.68. The predicted octanol–water partition coefficient (Wildman–Crippen LogP) is 4.16. The molecule has 0 bridgehead atoms. The fourth-order valence-electron chi connectivity index (χ4n) is 4.68. The van der Waals surface area contributed by atoms with Gasteiger partial charge in [-0.25, -0.2) is 0 Å². The lowest BCUT2D eigenvalue weighted by Gasteiger charge is -2.42. The number of nitriles is 1. The number of benzene rings is 1. The highest BCUT2D eigenvalue weighted by Gasteiger charge is 2.49. The van der Waals surface area contributed by atoms with E-state index in [2.05, 4.69) is 20.9 Å². The van der Waals surface area contributed by atoms with Crippen LogP contribution in [0.4, 0.5) is 0 Å². The smallest absolute Gasteiger partial charge is 0.323 e. The average Bonchev–Trinajstić information content (AvgIpc) is 3.21. The van der Waals surface area contributed by atoms with E-state index in [9.17, 15) is 15.2 Å². The number of aliphatic carboxylic acids is 1. The van der Waals surface area contributed by atoms with Crippen molar-refractivity contribution < 1.29 is 9.90 Å². The summed E-state index contributed by atoms with van der Waals surface area (Å²) in [6, 6.07) is 17.2. The van der Waals surface area contributed by atoms with Crippen LogP contribution in [-0.2, 0) is 4.79 Å². The summed E-state index contributed by atoms with van der Waals surface area (Å²) in [5, 5.41) is 19.6. The van der Waals surface area contributed by atoms with E-state index in [0.29, 0.717) is 18.5 Å². The van der Waals surface area contributed by atoms with E-state index < -0.39 is 11.5 Å². The number of aromatic nitrogens is 2. The summed E-state index contributed by atoms with van der Waals surface area (Å²) in [4.78, 5) is 23.1. The SMILES string of the molecule is C[C@@]1(C(=O)O)CCCN1C(c1cccc(C#N)c1)C(c1cccnc1)c1cccnc1. The molecule has 0 amide bonds. The van der Waals surface area contributed by atoms with Crippen molar-refractivity contribution in [2.75, 3.05) is 6.54 Å². The number of carboxylic acid groups (broad SMARTS) is 1. The number of hydrogen-bond acceptors (Lipinski definition) is 5. The third-order valence-corrected chi connectivity index (χ3v) is 6.25. The third-order valence-electron chi connectivity index (χ3n) is 6.25. The quantitative estimate of drug-likeness (QED) is 0.654. The predicted molar refractivity (Wildman–Crippen MR) is 116 cm³/mol. The summed E-state index contributed by atoms with van der Waals surface area (Å²) < 4.78 is 0. The minimum atomic E-state index is -1.00. The lowest BCUT2D eigenvalue weighted by atomic mass is 9.80. The van der Waals surface area contributed by atoms with E-state index in [1.54, 1.807) is 25.4 Å². The van der Waals surface area contributed by atoms with Crippen LogP contribution in [0.3, 0.4) is 0 Å². The van der Waals surface area contributed by atoms with Gasteiger partial charge < -0.3 is 5.11 Å². The number of carbonyl (C=O) groups is 1. The van der Waals surface area contributed by atoms with Crippen molar-refractivity contribution in [2.45, 2.75) is 37.3 Å². The van der Waals surface area contributed by atoms with Crippen molar-refractivity contribution >= 4 is 5.97 Å². The number of pyridine rings is 2.